The smallest absolute Gasteiger partial charge is 0.303 e. The third-order valence-corrected chi connectivity index (χ3v) is 6.45. The number of esters is 1. The van der Waals surface area contributed by atoms with Crippen LogP contribution in [-0.4, -0.2) is 12.1 Å². The van der Waals surface area contributed by atoms with Crippen molar-refractivity contribution in [1.82, 2.24) is 0 Å². The molecule has 0 aliphatic heterocycles. The van der Waals surface area contributed by atoms with Crippen LogP contribution in [0.2, 0.25) is 0 Å². The molecule has 3 fully saturated rings. The number of rotatable bonds is 1. The van der Waals surface area contributed by atoms with Crippen LogP contribution in [0, 0.1) is 28.6 Å². The number of carbonyl (C=O) groups excluding carboxylic acids is 1. The van der Waals surface area contributed by atoms with Gasteiger partial charge in [-0.3, -0.25) is 4.79 Å². The zero-order chi connectivity index (χ0) is 14.0. The Hall–Kier alpha value is -0.790. The summed E-state index contributed by atoms with van der Waals surface area (Å²) < 4.78 is 5.54. The molecule has 0 aromatic rings. The van der Waals surface area contributed by atoms with Gasteiger partial charge in [0.25, 0.3) is 0 Å². The van der Waals surface area contributed by atoms with Gasteiger partial charge >= 0.3 is 5.97 Å². The summed E-state index contributed by atoms with van der Waals surface area (Å²) in [4.78, 5) is 11.3. The van der Waals surface area contributed by atoms with Gasteiger partial charge < -0.3 is 4.74 Å². The van der Waals surface area contributed by atoms with Crippen LogP contribution in [0.25, 0.3) is 0 Å². The molecule has 0 N–H and O–H groups in total. The zero-order valence-corrected chi connectivity index (χ0v) is 12.7. The Morgan fingerprint density at radius 2 is 2.00 bits per heavy atom. The minimum atomic E-state index is -0.163. The Balaban J connectivity index is 1.98. The van der Waals surface area contributed by atoms with E-state index >= 15 is 0 Å². The van der Waals surface area contributed by atoms with E-state index in [1.165, 1.54) is 31.8 Å². The highest BCUT2D eigenvalue weighted by molar-refractivity contribution is 5.66. The molecule has 106 valence electrons. The molecule has 0 unspecified atom stereocenters. The molecular formula is C17H26O2. The normalized spacial score (nSPS) is 47.1. The quantitative estimate of drug-likeness (QED) is 0.528. The number of ether oxygens (including phenoxy) is 1. The van der Waals surface area contributed by atoms with E-state index in [9.17, 15) is 4.79 Å². The predicted molar refractivity (Wildman–Crippen MR) is 75.5 cm³/mol. The summed E-state index contributed by atoms with van der Waals surface area (Å²) in [5, 5.41) is 0. The topological polar surface area (TPSA) is 26.3 Å². The third kappa shape index (κ3) is 1.58. The van der Waals surface area contributed by atoms with E-state index < -0.39 is 0 Å². The Morgan fingerprint density at radius 3 is 2.58 bits per heavy atom. The molecule has 0 aromatic heterocycles. The van der Waals surface area contributed by atoms with Crippen molar-refractivity contribution in [2.45, 2.75) is 59.5 Å². The summed E-state index contributed by atoms with van der Waals surface area (Å²) in [5.74, 6) is 1.98. The summed E-state index contributed by atoms with van der Waals surface area (Å²) in [6.45, 7) is 13.1. The second-order valence-electron chi connectivity index (χ2n) is 7.76. The van der Waals surface area contributed by atoms with Crippen molar-refractivity contribution in [3.8, 4) is 0 Å². The van der Waals surface area contributed by atoms with Crippen molar-refractivity contribution in [3.63, 3.8) is 0 Å². The summed E-state index contributed by atoms with van der Waals surface area (Å²) >= 11 is 0. The molecule has 2 heteroatoms. The molecule has 0 saturated heterocycles. The van der Waals surface area contributed by atoms with Gasteiger partial charge in [-0.05, 0) is 54.4 Å². The van der Waals surface area contributed by atoms with Crippen LogP contribution in [0.1, 0.15) is 53.4 Å². The molecule has 2 nitrogen and oxygen atoms in total. The molecule has 5 atom stereocenters. The van der Waals surface area contributed by atoms with Crippen LogP contribution in [-0.2, 0) is 9.53 Å². The molecule has 0 amide bonds. The van der Waals surface area contributed by atoms with Crippen molar-refractivity contribution in [2.24, 2.45) is 28.6 Å². The van der Waals surface area contributed by atoms with Gasteiger partial charge in [-0.2, -0.15) is 0 Å². The monoisotopic (exact) mass is 262 g/mol. The van der Waals surface area contributed by atoms with Gasteiger partial charge in [-0.15, -0.1) is 0 Å². The first-order valence-corrected chi connectivity index (χ1v) is 7.65. The minimum absolute atomic E-state index is 0.0263. The first-order chi connectivity index (χ1) is 8.79. The van der Waals surface area contributed by atoms with Crippen LogP contribution < -0.4 is 0 Å². The highest BCUT2D eigenvalue weighted by atomic mass is 16.5. The highest BCUT2D eigenvalue weighted by Crippen LogP contribution is 2.72. The first kappa shape index (κ1) is 13.2. The number of carbonyl (C=O) groups is 1. The predicted octanol–water partition coefficient (Wildman–Crippen LogP) is 3.96. The first-order valence-electron chi connectivity index (χ1n) is 7.65. The Kier molecular flexibility index (Phi) is 2.69. The van der Waals surface area contributed by atoms with Gasteiger partial charge in [0.05, 0.1) is 0 Å². The SMILES string of the molecule is C=C1[C@H](OC(C)=O)C[C@@H]2[C@H]3CC[C@@H](C)[C@@]12CC3(C)C. The number of hydrogen-bond acceptors (Lipinski definition) is 2. The summed E-state index contributed by atoms with van der Waals surface area (Å²) in [5.41, 5.74) is 1.88. The second-order valence-corrected chi connectivity index (χ2v) is 7.76. The van der Waals surface area contributed by atoms with Crippen LogP contribution in [0.4, 0.5) is 0 Å². The maximum absolute atomic E-state index is 11.3. The summed E-state index contributed by atoms with van der Waals surface area (Å²) in [7, 11) is 0. The molecule has 3 rings (SSSR count). The molecule has 3 aliphatic rings. The van der Waals surface area contributed by atoms with Crippen molar-refractivity contribution in [3.05, 3.63) is 12.2 Å². The lowest BCUT2D eigenvalue weighted by Gasteiger charge is -2.42. The van der Waals surface area contributed by atoms with E-state index in [0.29, 0.717) is 17.3 Å². The largest absolute Gasteiger partial charge is 0.458 e. The molecule has 0 aromatic carbocycles. The van der Waals surface area contributed by atoms with Gasteiger partial charge in [0.15, 0.2) is 0 Å². The standard InChI is InChI=1S/C17H26O2/c1-10-6-7-13-14-8-15(19-12(3)18)11(2)17(10,14)9-16(13,4)5/h10,13-15H,2,6-9H2,1,3-5H3/t10-,13-,14-,15-,17+/m1/s1. The Labute approximate surface area is 116 Å². The van der Waals surface area contributed by atoms with E-state index in [4.69, 9.17) is 4.74 Å². The molecule has 0 radical (unpaired) electrons. The van der Waals surface area contributed by atoms with Crippen LogP contribution >= 0.6 is 0 Å². The third-order valence-electron chi connectivity index (χ3n) is 6.45. The fraction of sp³-hybridized carbons (Fsp3) is 0.824. The van der Waals surface area contributed by atoms with Crippen molar-refractivity contribution < 1.29 is 9.53 Å². The van der Waals surface area contributed by atoms with Crippen LogP contribution in [0.15, 0.2) is 12.2 Å². The van der Waals surface area contributed by atoms with E-state index in [0.717, 1.165) is 12.3 Å². The van der Waals surface area contributed by atoms with Gasteiger partial charge in [-0.25, -0.2) is 0 Å². The molecule has 3 saturated carbocycles. The average Bonchev–Trinajstić information content (AvgIpc) is 2.62. The van der Waals surface area contributed by atoms with Gasteiger partial charge in [-0.1, -0.05) is 27.4 Å². The number of hydrogen-bond donors (Lipinski definition) is 0. The van der Waals surface area contributed by atoms with E-state index in [1.54, 1.807) is 0 Å². The summed E-state index contributed by atoms with van der Waals surface area (Å²) in [6.07, 6.45) is 4.85. The van der Waals surface area contributed by atoms with Gasteiger partial charge in [0.1, 0.15) is 6.10 Å². The minimum Gasteiger partial charge on any atom is -0.458 e. The maximum Gasteiger partial charge on any atom is 0.303 e. The average molecular weight is 262 g/mol. The van der Waals surface area contributed by atoms with Gasteiger partial charge in [0, 0.05) is 12.3 Å². The molecular weight excluding hydrogens is 236 g/mol. The van der Waals surface area contributed by atoms with E-state index in [-0.39, 0.29) is 17.5 Å². The fourth-order valence-corrected chi connectivity index (χ4v) is 5.77. The van der Waals surface area contributed by atoms with Crippen molar-refractivity contribution in [1.29, 1.82) is 0 Å². The lowest BCUT2D eigenvalue weighted by Crippen LogP contribution is -2.36. The zero-order valence-electron chi connectivity index (χ0n) is 12.7. The fourth-order valence-electron chi connectivity index (χ4n) is 5.77. The molecule has 0 spiro atoms. The molecule has 3 aliphatic carbocycles. The molecule has 0 heterocycles. The maximum atomic E-state index is 11.3. The molecule has 19 heavy (non-hydrogen) atoms. The molecule has 2 bridgehead atoms. The van der Waals surface area contributed by atoms with Crippen molar-refractivity contribution >= 4 is 5.97 Å². The highest BCUT2D eigenvalue weighted by Gasteiger charge is 2.66. The van der Waals surface area contributed by atoms with Crippen LogP contribution in [0.3, 0.4) is 0 Å². The van der Waals surface area contributed by atoms with Gasteiger partial charge in [0.2, 0.25) is 0 Å². The van der Waals surface area contributed by atoms with Crippen LogP contribution in [0.5, 0.6) is 0 Å². The Morgan fingerprint density at radius 1 is 1.32 bits per heavy atom. The second kappa shape index (κ2) is 3.86. The lowest BCUT2D eigenvalue weighted by atomic mass is 9.62. The Bertz CT molecular complexity index is 437. The van der Waals surface area contributed by atoms with E-state index in [1.807, 2.05) is 0 Å². The lowest BCUT2D eigenvalue weighted by molar-refractivity contribution is -0.144. The van der Waals surface area contributed by atoms with Crippen molar-refractivity contribution in [2.75, 3.05) is 0 Å². The summed E-state index contributed by atoms with van der Waals surface area (Å²) in [6, 6.07) is 0. The van der Waals surface area contributed by atoms with E-state index in [2.05, 4.69) is 27.4 Å².